The first kappa shape index (κ1) is 19.9. The van der Waals surface area contributed by atoms with Gasteiger partial charge < -0.3 is 20.1 Å². The number of benzene rings is 2. The molecule has 2 N–H and O–H groups in total. The summed E-state index contributed by atoms with van der Waals surface area (Å²) in [4.78, 5) is 34.6. The molecule has 0 saturated carbocycles. The highest BCUT2D eigenvalue weighted by Crippen LogP contribution is 2.39. The number of nitrogens with one attached hydrogen (secondary N) is 2. The number of nitro benzene ring substituents is 1. The largest absolute Gasteiger partial charge is 0.489 e. The second-order valence-electron chi connectivity index (χ2n) is 6.20. The summed E-state index contributed by atoms with van der Waals surface area (Å²) < 4.78 is 11.0. The first-order valence-electron chi connectivity index (χ1n) is 8.86. The summed E-state index contributed by atoms with van der Waals surface area (Å²) in [5, 5.41) is 16.6. The van der Waals surface area contributed by atoms with Crippen LogP contribution in [0.5, 0.6) is 11.5 Å². The summed E-state index contributed by atoms with van der Waals surface area (Å²) >= 11 is 0. The summed E-state index contributed by atoms with van der Waals surface area (Å²) in [5.41, 5.74) is 0.835. The Balaban J connectivity index is 1.77. The van der Waals surface area contributed by atoms with E-state index >= 15 is 0 Å². The molecule has 3 rings (SSSR count). The van der Waals surface area contributed by atoms with Crippen LogP contribution in [0.3, 0.4) is 0 Å². The van der Waals surface area contributed by atoms with Crippen LogP contribution in [0.2, 0.25) is 0 Å². The van der Waals surface area contributed by atoms with Crippen LogP contribution in [-0.2, 0) is 11.3 Å². The van der Waals surface area contributed by atoms with E-state index in [4.69, 9.17) is 9.47 Å². The lowest BCUT2D eigenvalue weighted by Gasteiger charge is -2.11. The number of nitrogens with zero attached hydrogens (tertiary/aromatic N) is 1. The van der Waals surface area contributed by atoms with Crippen LogP contribution in [-0.4, -0.2) is 30.0 Å². The third-order valence-electron chi connectivity index (χ3n) is 4.18. The van der Waals surface area contributed by atoms with Gasteiger partial charge in [0.05, 0.1) is 24.2 Å². The van der Waals surface area contributed by atoms with Gasteiger partial charge in [-0.1, -0.05) is 18.7 Å². The van der Waals surface area contributed by atoms with Crippen LogP contribution in [0.4, 0.5) is 11.4 Å². The average molecular weight is 397 g/mol. The molecule has 9 nitrogen and oxygen atoms in total. The lowest BCUT2D eigenvalue weighted by molar-refractivity contribution is -0.384. The Kier molecular flexibility index (Phi) is 6.08. The fourth-order valence-electron chi connectivity index (χ4n) is 2.68. The lowest BCUT2D eigenvalue weighted by atomic mass is 10.1. The minimum Gasteiger partial charge on any atom is -0.489 e. The van der Waals surface area contributed by atoms with Gasteiger partial charge in [-0.05, 0) is 23.8 Å². The van der Waals surface area contributed by atoms with Crippen molar-refractivity contribution in [3.05, 3.63) is 70.3 Å². The van der Waals surface area contributed by atoms with E-state index in [0.29, 0.717) is 37.5 Å². The molecular weight excluding hydrogens is 378 g/mol. The maximum Gasteiger partial charge on any atom is 0.296 e. The number of hydrogen-bond acceptors (Lipinski definition) is 6. The zero-order valence-electron chi connectivity index (χ0n) is 15.5. The van der Waals surface area contributed by atoms with E-state index in [9.17, 15) is 19.7 Å². The van der Waals surface area contributed by atoms with Gasteiger partial charge in [-0.15, -0.1) is 0 Å². The van der Waals surface area contributed by atoms with Crippen molar-refractivity contribution in [1.29, 1.82) is 0 Å². The predicted molar refractivity (Wildman–Crippen MR) is 105 cm³/mol. The van der Waals surface area contributed by atoms with Crippen molar-refractivity contribution in [1.82, 2.24) is 5.32 Å². The topological polar surface area (TPSA) is 120 Å². The van der Waals surface area contributed by atoms with E-state index in [1.807, 2.05) is 0 Å². The van der Waals surface area contributed by atoms with E-state index in [1.165, 1.54) is 18.2 Å². The number of ether oxygens (including phenoxy) is 2. The Morgan fingerprint density at radius 1 is 1.14 bits per heavy atom. The van der Waals surface area contributed by atoms with E-state index in [0.717, 1.165) is 5.56 Å². The molecule has 0 bridgehead atoms. The minimum absolute atomic E-state index is 0.0200. The van der Waals surface area contributed by atoms with Gasteiger partial charge in [-0.2, -0.15) is 0 Å². The van der Waals surface area contributed by atoms with Gasteiger partial charge in [-0.3, -0.25) is 19.7 Å². The maximum absolute atomic E-state index is 12.6. The van der Waals surface area contributed by atoms with Crippen molar-refractivity contribution in [2.24, 2.45) is 0 Å². The van der Waals surface area contributed by atoms with Crippen molar-refractivity contribution in [2.75, 3.05) is 18.5 Å². The molecule has 1 heterocycles. The summed E-state index contributed by atoms with van der Waals surface area (Å²) in [6.45, 7) is 4.48. The molecule has 1 aliphatic heterocycles. The summed E-state index contributed by atoms with van der Waals surface area (Å²) in [6, 6.07) is 9.15. The van der Waals surface area contributed by atoms with Crippen molar-refractivity contribution in [3.8, 4) is 11.5 Å². The Morgan fingerprint density at radius 3 is 2.41 bits per heavy atom. The Labute approximate surface area is 166 Å². The number of carbonyl (C=O) groups excluding carboxylic acids is 2. The van der Waals surface area contributed by atoms with Crippen molar-refractivity contribution >= 4 is 23.2 Å². The molecule has 0 fully saturated rings. The van der Waals surface area contributed by atoms with E-state index < -0.39 is 10.8 Å². The van der Waals surface area contributed by atoms with Crippen LogP contribution in [0.25, 0.3) is 0 Å². The molecule has 29 heavy (non-hydrogen) atoms. The van der Waals surface area contributed by atoms with E-state index in [-0.39, 0.29) is 23.0 Å². The van der Waals surface area contributed by atoms with Crippen molar-refractivity contribution in [3.63, 3.8) is 0 Å². The Bertz CT molecular complexity index is 955. The third-order valence-corrected chi connectivity index (χ3v) is 4.18. The second kappa shape index (κ2) is 8.87. The minimum atomic E-state index is -0.588. The van der Waals surface area contributed by atoms with Gasteiger partial charge in [0.2, 0.25) is 5.91 Å². The average Bonchev–Trinajstić information content (AvgIpc) is 2.96. The molecule has 0 radical (unpaired) electrons. The van der Waals surface area contributed by atoms with Gasteiger partial charge in [0.25, 0.3) is 11.6 Å². The standard InChI is InChI=1S/C20H19N3O6/c1-2-19(24)21-12-13-4-6-14(7-5-13)20(25)22-15-10-17-18(11-16(15)23(26)27)29-9-3-8-28-17/h2,4-7,10-11H,1,3,8-9,12H2,(H,21,24)(H,22,25). The Morgan fingerprint density at radius 2 is 1.79 bits per heavy atom. The molecule has 0 atom stereocenters. The van der Waals surface area contributed by atoms with Gasteiger partial charge in [0, 0.05) is 24.6 Å². The number of rotatable bonds is 6. The third kappa shape index (κ3) is 4.89. The molecule has 150 valence electrons. The summed E-state index contributed by atoms with van der Waals surface area (Å²) in [7, 11) is 0. The van der Waals surface area contributed by atoms with Crippen LogP contribution >= 0.6 is 0 Å². The molecule has 1 aliphatic rings. The smallest absolute Gasteiger partial charge is 0.296 e. The molecule has 0 aromatic heterocycles. The molecule has 9 heteroatoms. The molecule has 0 unspecified atom stereocenters. The van der Waals surface area contributed by atoms with Crippen LogP contribution in [0.15, 0.2) is 49.1 Å². The van der Waals surface area contributed by atoms with Crippen LogP contribution in [0, 0.1) is 10.1 Å². The van der Waals surface area contributed by atoms with Crippen molar-refractivity contribution in [2.45, 2.75) is 13.0 Å². The molecule has 0 spiro atoms. The lowest BCUT2D eigenvalue weighted by Crippen LogP contribution is -2.20. The highest BCUT2D eigenvalue weighted by Gasteiger charge is 2.23. The molecule has 2 aromatic rings. The normalized spacial score (nSPS) is 12.4. The van der Waals surface area contributed by atoms with Crippen LogP contribution in [0.1, 0.15) is 22.3 Å². The second-order valence-corrected chi connectivity index (χ2v) is 6.20. The summed E-state index contributed by atoms with van der Waals surface area (Å²) in [6.07, 6.45) is 1.83. The molecule has 0 aliphatic carbocycles. The quantitative estimate of drug-likeness (QED) is 0.439. The number of amides is 2. The van der Waals surface area contributed by atoms with E-state index in [1.54, 1.807) is 24.3 Å². The summed E-state index contributed by atoms with van der Waals surface area (Å²) in [5.74, 6) is -0.187. The molecule has 0 saturated heterocycles. The molecule has 2 amide bonds. The highest BCUT2D eigenvalue weighted by molar-refractivity contribution is 6.05. The monoisotopic (exact) mass is 397 g/mol. The first-order valence-corrected chi connectivity index (χ1v) is 8.86. The number of hydrogen-bond donors (Lipinski definition) is 2. The number of carbonyl (C=O) groups is 2. The zero-order valence-corrected chi connectivity index (χ0v) is 15.5. The predicted octanol–water partition coefficient (Wildman–Crippen LogP) is 2.81. The van der Waals surface area contributed by atoms with Crippen molar-refractivity contribution < 1.29 is 24.0 Å². The van der Waals surface area contributed by atoms with Gasteiger partial charge in [0.1, 0.15) is 5.69 Å². The Hall–Kier alpha value is -3.88. The highest BCUT2D eigenvalue weighted by atomic mass is 16.6. The number of fused-ring (bicyclic) bond motifs is 1. The molecule has 2 aromatic carbocycles. The SMILES string of the molecule is C=CC(=O)NCc1ccc(C(=O)Nc2cc3c(cc2[N+](=O)[O-])OCCCO3)cc1. The zero-order chi connectivity index (χ0) is 20.8. The molecular formula is C20H19N3O6. The van der Waals surface area contributed by atoms with E-state index in [2.05, 4.69) is 17.2 Å². The maximum atomic E-state index is 12.6. The number of nitro groups is 1. The van der Waals surface area contributed by atoms with Gasteiger partial charge >= 0.3 is 0 Å². The first-order chi connectivity index (χ1) is 14.0. The number of anilines is 1. The fraction of sp³-hybridized carbons (Fsp3) is 0.200. The van der Waals surface area contributed by atoms with Gasteiger partial charge in [0.15, 0.2) is 11.5 Å². The van der Waals surface area contributed by atoms with Gasteiger partial charge in [-0.25, -0.2) is 0 Å². The fourth-order valence-corrected chi connectivity index (χ4v) is 2.68. The van der Waals surface area contributed by atoms with Crippen LogP contribution < -0.4 is 20.1 Å².